The van der Waals surface area contributed by atoms with E-state index in [0.717, 1.165) is 0 Å². The largest absolute Gasteiger partial charge is 0.508 e. The van der Waals surface area contributed by atoms with Gasteiger partial charge in [-0.3, -0.25) is 0 Å². The van der Waals surface area contributed by atoms with Gasteiger partial charge in [0.05, 0.1) is 0 Å². The maximum absolute atomic E-state index is 9.29. The van der Waals surface area contributed by atoms with Gasteiger partial charge in [0.25, 0.3) is 0 Å². The monoisotopic (exact) mass is 274 g/mol. The van der Waals surface area contributed by atoms with Gasteiger partial charge < -0.3 is 10.2 Å². The minimum atomic E-state index is 0.299. The second-order valence-electron chi connectivity index (χ2n) is 4.60. The molecule has 0 radical (unpaired) electrons. The Bertz CT molecular complexity index is 470. The zero-order chi connectivity index (χ0) is 13.8. The van der Waals surface area contributed by atoms with Crippen molar-refractivity contribution in [3.8, 4) is 11.5 Å². The molecule has 0 saturated carbocycles. The van der Waals surface area contributed by atoms with Crippen LogP contribution in [0.2, 0.25) is 0 Å². The van der Waals surface area contributed by atoms with Crippen molar-refractivity contribution in [3.05, 3.63) is 59.7 Å². The Kier molecular flexibility index (Phi) is 4.38. The van der Waals surface area contributed by atoms with Crippen LogP contribution in [0.25, 0.3) is 0 Å². The molecule has 0 aliphatic carbocycles. The van der Waals surface area contributed by atoms with Crippen molar-refractivity contribution in [1.29, 1.82) is 0 Å². The molecule has 0 fully saturated rings. The van der Waals surface area contributed by atoms with Crippen LogP contribution < -0.4 is 0 Å². The summed E-state index contributed by atoms with van der Waals surface area (Å²) in [6.07, 6.45) is 0. The van der Waals surface area contributed by atoms with E-state index in [1.54, 1.807) is 24.3 Å². The molecule has 0 aliphatic heterocycles. The van der Waals surface area contributed by atoms with E-state index in [9.17, 15) is 10.2 Å². The van der Waals surface area contributed by atoms with Crippen molar-refractivity contribution in [1.82, 2.24) is 0 Å². The summed E-state index contributed by atoms with van der Waals surface area (Å²) in [6, 6.07) is 14.7. The van der Waals surface area contributed by atoms with E-state index in [4.69, 9.17) is 0 Å². The molecule has 0 heterocycles. The average Bonchev–Trinajstić information content (AvgIpc) is 2.40. The number of aromatic hydroxyl groups is 2. The second kappa shape index (κ2) is 6.02. The Labute approximate surface area is 118 Å². The third-order valence-corrected chi connectivity index (χ3v) is 4.49. The summed E-state index contributed by atoms with van der Waals surface area (Å²) in [5, 5.41) is 19.3. The van der Waals surface area contributed by atoms with E-state index in [0.29, 0.717) is 22.0 Å². The van der Waals surface area contributed by atoms with E-state index in [1.807, 2.05) is 36.0 Å². The Hall–Kier alpha value is -1.61. The third kappa shape index (κ3) is 3.67. The van der Waals surface area contributed by atoms with E-state index < -0.39 is 0 Å². The fourth-order valence-corrected chi connectivity index (χ4v) is 3.19. The standard InChI is InChI=1S/C16H18O2S/c1-11(13-3-7-15(17)8-4-13)19-12(2)14-5-9-16(18)10-6-14/h3-12,17-18H,1-2H3. The highest BCUT2D eigenvalue weighted by Gasteiger charge is 2.13. The molecule has 3 heteroatoms. The average molecular weight is 274 g/mol. The van der Waals surface area contributed by atoms with Gasteiger partial charge in [0.1, 0.15) is 11.5 Å². The minimum Gasteiger partial charge on any atom is -0.508 e. The van der Waals surface area contributed by atoms with E-state index in [1.165, 1.54) is 11.1 Å². The van der Waals surface area contributed by atoms with Gasteiger partial charge in [-0.1, -0.05) is 24.3 Å². The number of phenolic OH excluding ortho intramolecular Hbond substituents is 2. The number of phenols is 2. The molecule has 0 spiro atoms. The van der Waals surface area contributed by atoms with E-state index >= 15 is 0 Å². The van der Waals surface area contributed by atoms with Gasteiger partial charge >= 0.3 is 0 Å². The molecule has 2 nitrogen and oxygen atoms in total. The highest BCUT2D eigenvalue weighted by Crippen LogP contribution is 2.40. The summed E-state index contributed by atoms with van der Waals surface area (Å²) in [6.45, 7) is 4.32. The highest BCUT2D eigenvalue weighted by atomic mass is 32.2. The van der Waals surface area contributed by atoms with Gasteiger partial charge in [0.2, 0.25) is 0 Å². The molecule has 0 amide bonds. The molecule has 100 valence electrons. The summed E-state index contributed by atoms with van der Waals surface area (Å²) in [7, 11) is 0. The maximum atomic E-state index is 9.29. The lowest BCUT2D eigenvalue weighted by molar-refractivity contribution is 0.474. The molecule has 2 atom stereocenters. The number of hydrogen-bond acceptors (Lipinski definition) is 3. The molecule has 0 aliphatic rings. The quantitative estimate of drug-likeness (QED) is 0.852. The molecule has 19 heavy (non-hydrogen) atoms. The van der Waals surface area contributed by atoms with Gasteiger partial charge in [-0.05, 0) is 49.2 Å². The van der Waals surface area contributed by atoms with Crippen LogP contribution in [-0.2, 0) is 0 Å². The summed E-state index contributed by atoms with van der Waals surface area (Å²) in [4.78, 5) is 0. The lowest BCUT2D eigenvalue weighted by Gasteiger charge is -2.18. The molecule has 0 saturated heterocycles. The van der Waals surface area contributed by atoms with E-state index in [2.05, 4.69) is 13.8 Å². The number of hydrogen-bond donors (Lipinski definition) is 2. The molecule has 2 N–H and O–H groups in total. The van der Waals surface area contributed by atoms with Gasteiger partial charge in [-0.25, -0.2) is 0 Å². The Balaban J connectivity index is 2.03. The topological polar surface area (TPSA) is 40.5 Å². The summed E-state index contributed by atoms with van der Waals surface area (Å²) in [5.41, 5.74) is 2.40. The molecule has 2 rings (SSSR count). The van der Waals surface area contributed by atoms with Crippen molar-refractivity contribution in [3.63, 3.8) is 0 Å². The lowest BCUT2D eigenvalue weighted by atomic mass is 10.1. The number of rotatable bonds is 4. The van der Waals surface area contributed by atoms with Crippen molar-refractivity contribution in [2.24, 2.45) is 0 Å². The molecule has 0 bridgehead atoms. The van der Waals surface area contributed by atoms with Crippen LogP contribution in [0.1, 0.15) is 35.5 Å². The van der Waals surface area contributed by atoms with Gasteiger partial charge in [0, 0.05) is 10.5 Å². The SMILES string of the molecule is CC(SC(C)c1ccc(O)cc1)c1ccc(O)cc1. The van der Waals surface area contributed by atoms with Crippen molar-refractivity contribution in [2.45, 2.75) is 24.3 Å². The first-order valence-electron chi connectivity index (χ1n) is 6.29. The van der Waals surface area contributed by atoms with Crippen LogP contribution >= 0.6 is 11.8 Å². The molecule has 2 unspecified atom stereocenters. The summed E-state index contributed by atoms with van der Waals surface area (Å²) < 4.78 is 0. The Morgan fingerprint density at radius 1 is 0.684 bits per heavy atom. The first kappa shape index (κ1) is 13.8. The number of thioether (sulfide) groups is 1. The maximum Gasteiger partial charge on any atom is 0.115 e. The molecule has 2 aromatic rings. The van der Waals surface area contributed by atoms with Gasteiger partial charge in [-0.15, -0.1) is 11.8 Å². The zero-order valence-corrected chi connectivity index (χ0v) is 11.9. The van der Waals surface area contributed by atoms with Crippen LogP contribution in [0.4, 0.5) is 0 Å². The van der Waals surface area contributed by atoms with Crippen molar-refractivity contribution < 1.29 is 10.2 Å². The zero-order valence-electron chi connectivity index (χ0n) is 11.1. The first-order valence-corrected chi connectivity index (χ1v) is 7.24. The van der Waals surface area contributed by atoms with Crippen LogP contribution in [0, 0.1) is 0 Å². The molecular formula is C16H18O2S. The highest BCUT2D eigenvalue weighted by molar-refractivity contribution is 7.99. The van der Waals surface area contributed by atoms with Crippen LogP contribution in [0.3, 0.4) is 0 Å². The Morgan fingerprint density at radius 2 is 1.00 bits per heavy atom. The van der Waals surface area contributed by atoms with Crippen molar-refractivity contribution in [2.75, 3.05) is 0 Å². The second-order valence-corrected chi connectivity index (χ2v) is 6.29. The fourth-order valence-electron chi connectivity index (χ4n) is 1.95. The normalized spacial score (nSPS) is 14.0. The van der Waals surface area contributed by atoms with Gasteiger partial charge in [-0.2, -0.15) is 0 Å². The summed E-state index contributed by atoms with van der Waals surface area (Å²) >= 11 is 1.85. The van der Waals surface area contributed by atoms with Gasteiger partial charge in [0.15, 0.2) is 0 Å². The van der Waals surface area contributed by atoms with Crippen LogP contribution in [0.5, 0.6) is 11.5 Å². The predicted molar refractivity (Wildman–Crippen MR) is 80.6 cm³/mol. The van der Waals surface area contributed by atoms with E-state index in [-0.39, 0.29) is 0 Å². The third-order valence-electron chi connectivity index (χ3n) is 3.13. The molecular weight excluding hydrogens is 256 g/mol. The summed E-state index contributed by atoms with van der Waals surface area (Å²) in [5.74, 6) is 0.597. The van der Waals surface area contributed by atoms with Crippen LogP contribution in [-0.4, -0.2) is 10.2 Å². The number of benzene rings is 2. The van der Waals surface area contributed by atoms with Crippen molar-refractivity contribution >= 4 is 11.8 Å². The predicted octanol–water partition coefficient (Wildman–Crippen LogP) is 4.65. The Morgan fingerprint density at radius 3 is 1.32 bits per heavy atom. The van der Waals surface area contributed by atoms with Crippen LogP contribution in [0.15, 0.2) is 48.5 Å². The smallest absolute Gasteiger partial charge is 0.115 e. The molecule has 2 aromatic carbocycles. The fraction of sp³-hybridized carbons (Fsp3) is 0.250. The molecule has 0 aromatic heterocycles. The minimum absolute atomic E-state index is 0.299. The lowest BCUT2D eigenvalue weighted by Crippen LogP contribution is -1.94. The first-order chi connectivity index (χ1) is 9.06.